The summed E-state index contributed by atoms with van der Waals surface area (Å²) in [5.41, 5.74) is 3.16. The van der Waals surface area contributed by atoms with Gasteiger partial charge in [0.15, 0.2) is 9.84 Å². The minimum absolute atomic E-state index is 0.0321. The van der Waals surface area contributed by atoms with Gasteiger partial charge in [-0.15, -0.1) is 0 Å². The van der Waals surface area contributed by atoms with Gasteiger partial charge >= 0.3 is 0 Å². The van der Waals surface area contributed by atoms with Crippen molar-refractivity contribution in [1.29, 1.82) is 0 Å². The molecule has 23 heavy (non-hydrogen) atoms. The summed E-state index contributed by atoms with van der Waals surface area (Å²) in [7, 11) is -1.52. The number of methoxy groups -OCH3 is 1. The van der Waals surface area contributed by atoms with Crippen molar-refractivity contribution in [3.8, 4) is 5.75 Å². The number of carbonyl (C=O) groups is 1. The third-order valence-corrected chi connectivity index (χ3v) is 5.99. The number of rotatable bonds is 3. The number of fused-ring (bicyclic) bond motifs is 1. The summed E-state index contributed by atoms with van der Waals surface area (Å²) >= 11 is 0. The molecule has 0 saturated carbocycles. The molecule has 0 fully saturated rings. The zero-order valence-corrected chi connectivity index (χ0v) is 14.2. The predicted molar refractivity (Wildman–Crippen MR) is 89.4 cm³/mol. The van der Waals surface area contributed by atoms with Crippen LogP contribution in [0.25, 0.3) is 0 Å². The molecule has 124 valence electrons. The van der Waals surface area contributed by atoms with Crippen molar-refractivity contribution in [2.75, 3.05) is 24.3 Å². The van der Waals surface area contributed by atoms with E-state index in [9.17, 15) is 13.2 Å². The lowest BCUT2D eigenvalue weighted by Crippen LogP contribution is -2.37. The van der Waals surface area contributed by atoms with Crippen LogP contribution in [0.3, 0.4) is 0 Å². The number of benzene rings is 1. The molecule has 0 aliphatic carbocycles. The Kier molecular flexibility index (Phi) is 4.19. The molecule has 0 spiro atoms. The highest BCUT2D eigenvalue weighted by Crippen LogP contribution is 2.39. The first-order chi connectivity index (χ1) is 10.9. The van der Waals surface area contributed by atoms with E-state index < -0.39 is 9.84 Å². The van der Waals surface area contributed by atoms with Gasteiger partial charge in [0.1, 0.15) is 5.75 Å². The topological polar surface area (TPSA) is 63.7 Å². The summed E-state index contributed by atoms with van der Waals surface area (Å²) in [5, 5.41) is 1.22. The fraction of sp³-hybridized carbons (Fsp3) is 0.471. The quantitative estimate of drug-likeness (QED) is 0.850. The van der Waals surface area contributed by atoms with Gasteiger partial charge in [0.25, 0.3) is 0 Å². The summed E-state index contributed by atoms with van der Waals surface area (Å²) in [4.78, 5) is 14.5. The second-order valence-electron chi connectivity index (χ2n) is 6.18. The Morgan fingerprint density at radius 3 is 2.83 bits per heavy atom. The third kappa shape index (κ3) is 3.13. The molecule has 5 nitrogen and oxygen atoms in total. The molecule has 2 aliphatic heterocycles. The standard InChI is InChI=1S/C17H21NO4S/c1-12-5-6-15(22-2)17-14(12)4-3-8-18(17)16(19)10-13-7-9-23(20,21)11-13/h5-7,9,13H,3-4,8,10-11H2,1-2H3/t13-/m0/s1. The van der Waals surface area contributed by atoms with Gasteiger partial charge in [0, 0.05) is 24.3 Å². The van der Waals surface area contributed by atoms with E-state index >= 15 is 0 Å². The molecule has 0 bridgehead atoms. The van der Waals surface area contributed by atoms with Crippen LogP contribution in [0.4, 0.5) is 5.69 Å². The lowest BCUT2D eigenvalue weighted by atomic mass is 9.95. The number of carbonyl (C=O) groups excluding carboxylic acids is 1. The highest BCUT2D eigenvalue weighted by Gasteiger charge is 2.30. The number of hydrogen-bond donors (Lipinski definition) is 0. The van der Waals surface area contributed by atoms with Crippen molar-refractivity contribution >= 4 is 21.4 Å². The fourth-order valence-electron chi connectivity index (χ4n) is 3.37. The molecule has 0 unspecified atom stereocenters. The third-order valence-electron chi connectivity index (χ3n) is 4.52. The highest BCUT2D eigenvalue weighted by atomic mass is 32.2. The van der Waals surface area contributed by atoms with Crippen molar-refractivity contribution in [2.45, 2.75) is 26.2 Å². The van der Waals surface area contributed by atoms with E-state index in [2.05, 4.69) is 0 Å². The molecule has 1 aromatic carbocycles. The van der Waals surface area contributed by atoms with E-state index in [1.54, 1.807) is 18.1 Å². The number of hydrogen-bond acceptors (Lipinski definition) is 4. The first-order valence-electron chi connectivity index (χ1n) is 7.79. The van der Waals surface area contributed by atoms with E-state index in [-0.39, 0.29) is 24.0 Å². The summed E-state index contributed by atoms with van der Waals surface area (Å²) in [6.07, 6.45) is 3.68. The predicted octanol–water partition coefficient (Wildman–Crippen LogP) is 2.23. The molecule has 0 aromatic heterocycles. The number of aryl methyl sites for hydroxylation is 1. The van der Waals surface area contributed by atoms with Crippen LogP contribution in [0.5, 0.6) is 5.75 Å². The zero-order chi connectivity index (χ0) is 16.6. The Hall–Kier alpha value is -1.82. The number of anilines is 1. The van der Waals surface area contributed by atoms with Crippen molar-refractivity contribution < 1.29 is 17.9 Å². The second-order valence-corrected chi connectivity index (χ2v) is 8.11. The van der Waals surface area contributed by atoms with Crippen molar-refractivity contribution in [3.05, 3.63) is 34.7 Å². The number of nitrogens with zero attached hydrogens (tertiary/aromatic N) is 1. The van der Waals surface area contributed by atoms with Gasteiger partial charge in [-0.25, -0.2) is 8.42 Å². The SMILES string of the molecule is COc1ccc(C)c2c1N(C(=O)C[C@@H]1C=CS(=O)(=O)C1)CCC2. The maximum Gasteiger partial charge on any atom is 0.227 e. The summed E-state index contributed by atoms with van der Waals surface area (Å²) < 4.78 is 28.5. The van der Waals surface area contributed by atoms with Gasteiger partial charge in [0.2, 0.25) is 5.91 Å². The minimum Gasteiger partial charge on any atom is -0.495 e. The van der Waals surface area contributed by atoms with Crippen LogP contribution in [0.15, 0.2) is 23.6 Å². The fourth-order valence-corrected chi connectivity index (χ4v) is 4.77. The van der Waals surface area contributed by atoms with E-state index in [0.717, 1.165) is 29.7 Å². The van der Waals surface area contributed by atoms with Gasteiger partial charge in [-0.05, 0) is 37.0 Å². The first-order valence-corrected chi connectivity index (χ1v) is 9.50. The molecule has 2 aliphatic rings. The first kappa shape index (κ1) is 16.1. The monoisotopic (exact) mass is 335 g/mol. The molecule has 0 saturated heterocycles. The smallest absolute Gasteiger partial charge is 0.227 e. The Balaban J connectivity index is 1.87. The number of ether oxygens (including phenoxy) is 1. The number of allylic oxidation sites excluding steroid dienone is 1. The average Bonchev–Trinajstić information content (AvgIpc) is 2.86. The zero-order valence-electron chi connectivity index (χ0n) is 13.4. The Bertz CT molecular complexity index is 767. The summed E-state index contributed by atoms with van der Waals surface area (Å²) in [5.74, 6) is 0.466. The van der Waals surface area contributed by atoms with Crippen molar-refractivity contribution in [2.24, 2.45) is 5.92 Å². The Morgan fingerprint density at radius 2 is 2.17 bits per heavy atom. The van der Waals surface area contributed by atoms with Crippen LogP contribution in [-0.2, 0) is 21.1 Å². The van der Waals surface area contributed by atoms with E-state index in [1.165, 1.54) is 5.41 Å². The largest absolute Gasteiger partial charge is 0.495 e. The van der Waals surface area contributed by atoms with Crippen LogP contribution in [-0.4, -0.2) is 33.7 Å². The van der Waals surface area contributed by atoms with E-state index in [0.29, 0.717) is 12.3 Å². The lowest BCUT2D eigenvalue weighted by molar-refractivity contribution is -0.119. The van der Waals surface area contributed by atoms with Gasteiger partial charge < -0.3 is 9.64 Å². The van der Waals surface area contributed by atoms with Crippen LogP contribution in [0.2, 0.25) is 0 Å². The molecule has 1 aromatic rings. The van der Waals surface area contributed by atoms with Crippen LogP contribution in [0, 0.1) is 12.8 Å². The maximum atomic E-state index is 12.7. The summed E-state index contributed by atoms with van der Waals surface area (Å²) in [6.45, 7) is 2.69. The molecule has 0 N–H and O–H groups in total. The molecule has 6 heteroatoms. The van der Waals surface area contributed by atoms with Gasteiger partial charge in [0.05, 0.1) is 18.6 Å². The Morgan fingerprint density at radius 1 is 1.39 bits per heavy atom. The van der Waals surface area contributed by atoms with Gasteiger partial charge in [-0.1, -0.05) is 12.1 Å². The normalized spacial score (nSPS) is 22.0. The molecule has 1 amide bonds. The lowest BCUT2D eigenvalue weighted by Gasteiger charge is -2.32. The van der Waals surface area contributed by atoms with Crippen molar-refractivity contribution in [1.82, 2.24) is 0 Å². The van der Waals surface area contributed by atoms with Crippen LogP contribution < -0.4 is 9.64 Å². The molecule has 0 radical (unpaired) electrons. The van der Waals surface area contributed by atoms with Gasteiger partial charge in [-0.2, -0.15) is 0 Å². The number of amides is 1. The van der Waals surface area contributed by atoms with Gasteiger partial charge in [-0.3, -0.25) is 4.79 Å². The molecular weight excluding hydrogens is 314 g/mol. The molecule has 3 rings (SSSR count). The van der Waals surface area contributed by atoms with Crippen molar-refractivity contribution in [3.63, 3.8) is 0 Å². The summed E-state index contributed by atoms with van der Waals surface area (Å²) in [6, 6.07) is 3.90. The molecular formula is C17H21NO4S. The molecule has 1 atom stereocenters. The maximum absolute atomic E-state index is 12.7. The second kappa shape index (κ2) is 6.00. The number of sulfone groups is 1. The minimum atomic E-state index is -3.13. The van der Waals surface area contributed by atoms with E-state index in [4.69, 9.17) is 4.74 Å². The Labute approximate surface area is 136 Å². The van der Waals surface area contributed by atoms with Crippen LogP contribution in [0.1, 0.15) is 24.0 Å². The van der Waals surface area contributed by atoms with E-state index in [1.807, 2.05) is 19.1 Å². The van der Waals surface area contributed by atoms with Crippen LogP contribution >= 0.6 is 0 Å². The highest BCUT2D eigenvalue weighted by molar-refractivity contribution is 7.94. The average molecular weight is 335 g/mol. The molecule has 2 heterocycles.